The van der Waals surface area contributed by atoms with E-state index in [1.165, 1.54) is 41.3 Å². The van der Waals surface area contributed by atoms with Crippen molar-refractivity contribution in [3.05, 3.63) is 52.1 Å². The van der Waals surface area contributed by atoms with Crippen molar-refractivity contribution in [2.45, 2.75) is 72.1 Å². The second kappa shape index (κ2) is 7.23. The lowest BCUT2D eigenvalue weighted by Crippen LogP contribution is -2.34. The molecule has 1 aliphatic carbocycles. The molecule has 1 N–H and O–H groups in total. The predicted octanol–water partition coefficient (Wildman–Crippen LogP) is 5.80. The van der Waals surface area contributed by atoms with Crippen LogP contribution in [0, 0.1) is 6.92 Å². The van der Waals surface area contributed by atoms with Gasteiger partial charge in [-0.3, -0.25) is 0 Å². The molecule has 0 saturated carbocycles. The Hall–Kier alpha value is -2.36. The van der Waals surface area contributed by atoms with E-state index in [-0.39, 0.29) is 16.8 Å². The van der Waals surface area contributed by atoms with Crippen LogP contribution in [-0.4, -0.2) is 22.5 Å². The summed E-state index contributed by atoms with van der Waals surface area (Å²) in [6.07, 6.45) is 5.93. The molecule has 2 aromatic rings. The monoisotopic (exact) mass is 380 g/mol. The number of aromatic amines is 1. The number of allylic oxidation sites excluding steroid dienone is 1. The fourth-order valence-corrected chi connectivity index (χ4v) is 4.15. The first-order chi connectivity index (χ1) is 13.0. The number of aromatic nitrogens is 2. The molecule has 1 aliphatic rings. The number of esters is 1. The number of fused-ring (bicyclic) bond motifs is 1. The standard InChI is InChI=1S/C24H32N2O2/c1-8-28-22(27)20-14-25-21(26-20)12-16(3)17-13-19-18(11-15(17)2)23(4,5)9-10-24(19,6)7/h11-14H,8-10H2,1-7H3,(H,25,26)/b16-12+. The Morgan fingerprint density at radius 3 is 2.39 bits per heavy atom. The van der Waals surface area contributed by atoms with Crippen LogP contribution in [0.5, 0.6) is 0 Å². The van der Waals surface area contributed by atoms with Gasteiger partial charge in [-0.2, -0.15) is 0 Å². The Balaban J connectivity index is 2.00. The van der Waals surface area contributed by atoms with Crippen LogP contribution < -0.4 is 0 Å². The van der Waals surface area contributed by atoms with Gasteiger partial charge in [0, 0.05) is 0 Å². The third-order valence-electron chi connectivity index (χ3n) is 6.07. The molecule has 0 unspecified atom stereocenters. The van der Waals surface area contributed by atoms with Gasteiger partial charge in [-0.15, -0.1) is 0 Å². The largest absolute Gasteiger partial charge is 0.461 e. The number of ether oxygens (including phenoxy) is 1. The highest BCUT2D eigenvalue weighted by Gasteiger charge is 2.37. The van der Waals surface area contributed by atoms with E-state index in [0.717, 1.165) is 5.57 Å². The minimum atomic E-state index is -0.374. The van der Waals surface area contributed by atoms with Gasteiger partial charge in [0.15, 0.2) is 0 Å². The summed E-state index contributed by atoms with van der Waals surface area (Å²) in [6.45, 7) is 15.8. The van der Waals surface area contributed by atoms with Crippen molar-refractivity contribution in [1.82, 2.24) is 9.97 Å². The topological polar surface area (TPSA) is 55.0 Å². The van der Waals surface area contributed by atoms with E-state index in [2.05, 4.69) is 63.6 Å². The smallest absolute Gasteiger partial charge is 0.356 e. The van der Waals surface area contributed by atoms with E-state index < -0.39 is 0 Å². The molecule has 0 amide bonds. The van der Waals surface area contributed by atoms with Gasteiger partial charge in [0.2, 0.25) is 0 Å². The summed E-state index contributed by atoms with van der Waals surface area (Å²) < 4.78 is 5.02. The Morgan fingerprint density at radius 1 is 1.18 bits per heavy atom. The molecule has 0 saturated heterocycles. The van der Waals surface area contributed by atoms with Gasteiger partial charge in [0.1, 0.15) is 11.5 Å². The Morgan fingerprint density at radius 2 is 1.79 bits per heavy atom. The number of aryl methyl sites for hydroxylation is 1. The summed E-state index contributed by atoms with van der Waals surface area (Å²) in [5.74, 6) is 0.290. The molecule has 1 heterocycles. The SMILES string of the molecule is CCOC(=O)c1cnc(/C=C(\C)c2cc3c(cc2C)C(C)(C)CCC3(C)C)[nH]1. The van der Waals surface area contributed by atoms with Crippen LogP contribution in [0.1, 0.15) is 93.0 Å². The lowest BCUT2D eigenvalue weighted by Gasteiger charge is -2.42. The van der Waals surface area contributed by atoms with Gasteiger partial charge in [0.05, 0.1) is 12.8 Å². The highest BCUT2D eigenvalue weighted by molar-refractivity contribution is 5.88. The molecule has 0 fully saturated rings. The zero-order valence-corrected chi connectivity index (χ0v) is 18.2. The molecule has 0 atom stereocenters. The van der Waals surface area contributed by atoms with E-state index in [0.29, 0.717) is 18.1 Å². The number of benzene rings is 1. The number of hydrogen-bond donors (Lipinski definition) is 1. The number of carbonyl (C=O) groups excluding carboxylic acids is 1. The molecule has 0 aliphatic heterocycles. The number of H-pyrrole nitrogens is 1. The highest BCUT2D eigenvalue weighted by Crippen LogP contribution is 2.47. The maximum Gasteiger partial charge on any atom is 0.356 e. The molecule has 3 rings (SSSR count). The van der Waals surface area contributed by atoms with Crippen LogP contribution in [-0.2, 0) is 15.6 Å². The van der Waals surface area contributed by atoms with Crippen molar-refractivity contribution in [2.24, 2.45) is 0 Å². The zero-order valence-electron chi connectivity index (χ0n) is 18.2. The minimum Gasteiger partial charge on any atom is -0.461 e. The van der Waals surface area contributed by atoms with Crippen LogP contribution in [0.4, 0.5) is 0 Å². The highest BCUT2D eigenvalue weighted by atomic mass is 16.5. The van der Waals surface area contributed by atoms with Crippen molar-refractivity contribution in [3.8, 4) is 0 Å². The van der Waals surface area contributed by atoms with Crippen molar-refractivity contribution >= 4 is 17.6 Å². The minimum absolute atomic E-state index is 0.176. The number of nitrogens with one attached hydrogen (secondary N) is 1. The van der Waals surface area contributed by atoms with Gasteiger partial charge in [0.25, 0.3) is 0 Å². The maximum absolute atomic E-state index is 11.8. The molecular weight excluding hydrogens is 348 g/mol. The Kier molecular flexibility index (Phi) is 5.26. The van der Waals surface area contributed by atoms with Crippen molar-refractivity contribution in [2.75, 3.05) is 6.61 Å². The first-order valence-corrected chi connectivity index (χ1v) is 10.1. The van der Waals surface area contributed by atoms with E-state index in [1.54, 1.807) is 6.92 Å². The zero-order chi connectivity index (χ0) is 20.7. The number of imidazole rings is 1. The number of nitrogens with zero attached hydrogens (tertiary/aromatic N) is 1. The third kappa shape index (κ3) is 3.78. The average Bonchev–Trinajstić information content (AvgIpc) is 3.07. The van der Waals surface area contributed by atoms with Crippen LogP contribution >= 0.6 is 0 Å². The van der Waals surface area contributed by atoms with Crippen molar-refractivity contribution in [1.29, 1.82) is 0 Å². The summed E-state index contributed by atoms with van der Waals surface area (Å²) in [5, 5.41) is 0. The second-order valence-corrected chi connectivity index (χ2v) is 9.21. The summed E-state index contributed by atoms with van der Waals surface area (Å²) in [4.78, 5) is 19.2. The molecule has 0 spiro atoms. The van der Waals surface area contributed by atoms with E-state index >= 15 is 0 Å². The molecule has 4 nitrogen and oxygen atoms in total. The molecule has 1 aromatic carbocycles. The maximum atomic E-state index is 11.8. The molecule has 0 radical (unpaired) electrons. The van der Waals surface area contributed by atoms with Crippen LogP contribution in [0.15, 0.2) is 18.3 Å². The van der Waals surface area contributed by atoms with E-state index in [1.807, 2.05) is 6.08 Å². The average molecular weight is 381 g/mol. The summed E-state index contributed by atoms with van der Waals surface area (Å²) >= 11 is 0. The summed E-state index contributed by atoms with van der Waals surface area (Å²) in [6, 6.07) is 4.74. The lowest BCUT2D eigenvalue weighted by molar-refractivity contribution is 0.0520. The van der Waals surface area contributed by atoms with Crippen molar-refractivity contribution < 1.29 is 9.53 Å². The van der Waals surface area contributed by atoms with Crippen LogP contribution in [0.3, 0.4) is 0 Å². The van der Waals surface area contributed by atoms with E-state index in [9.17, 15) is 4.79 Å². The van der Waals surface area contributed by atoms with Gasteiger partial charge in [-0.05, 0) is 78.3 Å². The first kappa shape index (κ1) is 20.4. The number of carbonyl (C=O) groups is 1. The Bertz CT molecular complexity index is 932. The molecule has 0 bridgehead atoms. The van der Waals surface area contributed by atoms with Crippen LogP contribution in [0.25, 0.3) is 11.6 Å². The lowest BCUT2D eigenvalue weighted by atomic mass is 9.62. The third-order valence-corrected chi connectivity index (χ3v) is 6.07. The fraction of sp³-hybridized carbons (Fsp3) is 0.500. The van der Waals surface area contributed by atoms with Crippen LogP contribution in [0.2, 0.25) is 0 Å². The first-order valence-electron chi connectivity index (χ1n) is 10.1. The molecule has 1 aromatic heterocycles. The fourth-order valence-electron chi connectivity index (χ4n) is 4.15. The number of hydrogen-bond acceptors (Lipinski definition) is 3. The van der Waals surface area contributed by atoms with Gasteiger partial charge < -0.3 is 9.72 Å². The molecular formula is C24H32N2O2. The molecule has 28 heavy (non-hydrogen) atoms. The Labute approximate surface area is 168 Å². The second-order valence-electron chi connectivity index (χ2n) is 9.21. The number of rotatable bonds is 4. The quantitative estimate of drug-likeness (QED) is 0.682. The van der Waals surface area contributed by atoms with E-state index in [4.69, 9.17) is 4.74 Å². The predicted molar refractivity (Wildman–Crippen MR) is 115 cm³/mol. The normalized spacial score (nSPS) is 17.9. The molecule has 150 valence electrons. The van der Waals surface area contributed by atoms with Gasteiger partial charge in [-0.1, -0.05) is 39.8 Å². The van der Waals surface area contributed by atoms with Crippen molar-refractivity contribution in [3.63, 3.8) is 0 Å². The van der Waals surface area contributed by atoms with Gasteiger partial charge >= 0.3 is 5.97 Å². The molecule has 4 heteroatoms. The summed E-state index contributed by atoms with van der Waals surface area (Å²) in [7, 11) is 0. The summed E-state index contributed by atoms with van der Waals surface area (Å²) in [5.41, 5.74) is 7.32. The van der Waals surface area contributed by atoms with Gasteiger partial charge in [-0.25, -0.2) is 9.78 Å².